The Balaban J connectivity index is 2.16. The minimum atomic E-state index is 0.0598. The van der Waals surface area contributed by atoms with E-state index in [0.717, 1.165) is 19.5 Å². The van der Waals surface area contributed by atoms with Crippen molar-refractivity contribution < 1.29 is 4.79 Å². The number of nitrogens with one attached hydrogen (secondary N) is 1. The number of rotatable bonds is 4. The third kappa shape index (κ3) is 4.03. The summed E-state index contributed by atoms with van der Waals surface area (Å²) >= 11 is 0. The molecule has 0 radical (unpaired) electrons. The van der Waals surface area contributed by atoms with Gasteiger partial charge in [0.25, 0.3) is 5.91 Å². The average molecular weight is 289 g/mol. The molecule has 1 aliphatic rings. The second-order valence-corrected chi connectivity index (χ2v) is 6.72. The van der Waals surface area contributed by atoms with Crippen molar-refractivity contribution in [1.29, 1.82) is 0 Å². The van der Waals surface area contributed by atoms with E-state index < -0.39 is 0 Å². The molecule has 0 saturated carbocycles. The molecule has 2 unspecified atom stereocenters. The van der Waals surface area contributed by atoms with Crippen molar-refractivity contribution in [2.45, 2.75) is 46.2 Å². The molecule has 0 aliphatic carbocycles. The number of nitrogens with zero attached hydrogens (tertiary/aromatic N) is 2. The summed E-state index contributed by atoms with van der Waals surface area (Å²) in [7, 11) is 0. The number of amides is 1. The first kappa shape index (κ1) is 16.0. The number of piperazine rings is 1. The number of carbonyl (C=O) groups is 1. The van der Waals surface area contributed by atoms with Crippen LogP contribution >= 0.6 is 0 Å². The van der Waals surface area contributed by atoms with Gasteiger partial charge in [-0.1, -0.05) is 33.8 Å². The fourth-order valence-corrected chi connectivity index (χ4v) is 3.03. The Morgan fingerprint density at radius 3 is 2.71 bits per heavy atom. The smallest absolute Gasteiger partial charge is 0.272 e. The van der Waals surface area contributed by atoms with Crippen LogP contribution < -0.4 is 5.32 Å². The molecule has 0 aromatic carbocycles. The van der Waals surface area contributed by atoms with E-state index in [9.17, 15) is 4.79 Å². The van der Waals surface area contributed by atoms with Gasteiger partial charge >= 0.3 is 0 Å². The average Bonchev–Trinajstić information content (AvgIpc) is 2.46. The zero-order valence-corrected chi connectivity index (χ0v) is 13.5. The molecule has 1 aromatic rings. The predicted octanol–water partition coefficient (Wildman–Crippen LogP) is 2.57. The van der Waals surface area contributed by atoms with Gasteiger partial charge in [0.1, 0.15) is 5.69 Å². The standard InChI is InChI=1S/C17H27N3O/c1-12(2)9-14-11-20(16(10-19-14)13(3)4)17(21)15-7-5-6-8-18-15/h5-8,12-14,16,19H,9-11H2,1-4H3. The zero-order chi connectivity index (χ0) is 15.4. The summed E-state index contributed by atoms with van der Waals surface area (Å²) in [5.74, 6) is 1.12. The fraction of sp³-hybridized carbons (Fsp3) is 0.647. The molecule has 1 saturated heterocycles. The lowest BCUT2D eigenvalue weighted by atomic mass is 9.94. The molecule has 0 spiro atoms. The van der Waals surface area contributed by atoms with Gasteiger partial charge in [-0.15, -0.1) is 0 Å². The van der Waals surface area contributed by atoms with Gasteiger partial charge in [-0.2, -0.15) is 0 Å². The maximum atomic E-state index is 12.8. The quantitative estimate of drug-likeness (QED) is 0.926. The van der Waals surface area contributed by atoms with Gasteiger partial charge in [-0.05, 0) is 30.4 Å². The van der Waals surface area contributed by atoms with Gasteiger partial charge in [-0.3, -0.25) is 9.78 Å². The Morgan fingerprint density at radius 1 is 1.38 bits per heavy atom. The third-order valence-corrected chi connectivity index (χ3v) is 4.10. The Hall–Kier alpha value is -1.42. The number of carbonyl (C=O) groups excluding carboxylic acids is 1. The van der Waals surface area contributed by atoms with Crippen LogP contribution in [0, 0.1) is 11.8 Å². The summed E-state index contributed by atoms with van der Waals surface area (Å²) in [4.78, 5) is 19.0. The van der Waals surface area contributed by atoms with E-state index in [2.05, 4.69) is 38.0 Å². The molecule has 21 heavy (non-hydrogen) atoms. The lowest BCUT2D eigenvalue weighted by Crippen LogP contribution is -2.60. The predicted molar refractivity (Wildman–Crippen MR) is 85.1 cm³/mol. The maximum absolute atomic E-state index is 12.8. The van der Waals surface area contributed by atoms with Gasteiger partial charge in [-0.25, -0.2) is 0 Å². The van der Waals surface area contributed by atoms with Crippen molar-refractivity contribution in [2.75, 3.05) is 13.1 Å². The van der Waals surface area contributed by atoms with Crippen LogP contribution in [-0.2, 0) is 0 Å². The normalized spacial score (nSPS) is 22.9. The second-order valence-electron chi connectivity index (χ2n) is 6.72. The number of aromatic nitrogens is 1. The topological polar surface area (TPSA) is 45.2 Å². The summed E-state index contributed by atoms with van der Waals surface area (Å²) in [6, 6.07) is 6.14. The summed E-state index contributed by atoms with van der Waals surface area (Å²) in [6.07, 6.45) is 2.78. The summed E-state index contributed by atoms with van der Waals surface area (Å²) < 4.78 is 0. The highest BCUT2D eigenvalue weighted by Crippen LogP contribution is 2.20. The van der Waals surface area contributed by atoms with E-state index in [0.29, 0.717) is 23.6 Å². The highest BCUT2D eigenvalue weighted by atomic mass is 16.2. The van der Waals surface area contributed by atoms with Crippen LogP contribution in [0.1, 0.15) is 44.6 Å². The monoisotopic (exact) mass is 289 g/mol. The van der Waals surface area contributed by atoms with Crippen LogP contribution in [0.4, 0.5) is 0 Å². The van der Waals surface area contributed by atoms with E-state index in [1.54, 1.807) is 12.3 Å². The first-order valence-corrected chi connectivity index (χ1v) is 7.94. The lowest BCUT2D eigenvalue weighted by molar-refractivity contribution is 0.0489. The first-order valence-electron chi connectivity index (χ1n) is 7.94. The Labute approximate surface area is 127 Å². The summed E-state index contributed by atoms with van der Waals surface area (Å²) in [5.41, 5.74) is 0.549. The molecular weight excluding hydrogens is 262 g/mol. The van der Waals surface area contributed by atoms with Gasteiger partial charge in [0.2, 0.25) is 0 Å². The van der Waals surface area contributed by atoms with Crippen molar-refractivity contribution in [3.8, 4) is 0 Å². The second kappa shape index (κ2) is 7.03. The van der Waals surface area contributed by atoms with E-state index in [-0.39, 0.29) is 11.9 Å². The molecular formula is C17H27N3O. The lowest BCUT2D eigenvalue weighted by Gasteiger charge is -2.42. The van der Waals surface area contributed by atoms with Crippen LogP contribution in [0.15, 0.2) is 24.4 Å². The molecule has 1 fully saturated rings. The van der Waals surface area contributed by atoms with Crippen LogP contribution in [0.2, 0.25) is 0 Å². The van der Waals surface area contributed by atoms with Gasteiger partial charge in [0.05, 0.1) is 0 Å². The van der Waals surface area contributed by atoms with Crippen molar-refractivity contribution in [3.05, 3.63) is 30.1 Å². The molecule has 2 heterocycles. The van der Waals surface area contributed by atoms with Crippen LogP contribution in [0.25, 0.3) is 0 Å². The minimum absolute atomic E-state index is 0.0598. The van der Waals surface area contributed by atoms with Crippen molar-refractivity contribution in [1.82, 2.24) is 15.2 Å². The van der Waals surface area contributed by atoms with Gasteiger partial charge in [0.15, 0.2) is 0 Å². The number of pyridine rings is 1. The SMILES string of the molecule is CC(C)CC1CN(C(=O)c2ccccn2)C(C(C)C)CN1. The fourth-order valence-electron chi connectivity index (χ4n) is 3.03. The van der Waals surface area contributed by atoms with Crippen molar-refractivity contribution in [3.63, 3.8) is 0 Å². The zero-order valence-electron chi connectivity index (χ0n) is 13.5. The van der Waals surface area contributed by atoms with Crippen molar-refractivity contribution >= 4 is 5.91 Å². The van der Waals surface area contributed by atoms with Crippen LogP contribution in [0.3, 0.4) is 0 Å². The summed E-state index contributed by atoms with van der Waals surface area (Å²) in [6.45, 7) is 10.4. The van der Waals surface area contributed by atoms with E-state index in [1.165, 1.54) is 0 Å². The molecule has 2 rings (SSSR count). The maximum Gasteiger partial charge on any atom is 0.272 e. The molecule has 4 heteroatoms. The Bertz CT molecular complexity index is 458. The van der Waals surface area contributed by atoms with E-state index >= 15 is 0 Å². The third-order valence-electron chi connectivity index (χ3n) is 4.10. The molecule has 1 aromatic heterocycles. The van der Waals surface area contributed by atoms with E-state index in [4.69, 9.17) is 0 Å². The first-order chi connectivity index (χ1) is 9.99. The van der Waals surface area contributed by atoms with E-state index in [1.807, 2.05) is 17.0 Å². The van der Waals surface area contributed by atoms with Crippen LogP contribution in [0.5, 0.6) is 0 Å². The number of hydrogen-bond donors (Lipinski definition) is 1. The van der Waals surface area contributed by atoms with Crippen molar-refractivity contribution in [2.24, 2.45) is 11.8 Å². The minimum Gasteiger partial charge on any atom is -0.331 e. The Kier molecular flexibility index (Phi) is 5.34. The Morgan fingerprint density at radius 2 is 2.14 bits per heavy atom. The highest BCUT2D eigenvalue weighted by Gasteiger charge is 2.33. The van der Waals surface area contributed by atoms with Gasteiger partial charge in [0, 0.05) is 31.4 Å². The molecule has 2 atom stereocenters. The summed E-state index contributed by atoms with van der Waals surface area (Å²) in [5, 5.41) is 3.60. The largest absolute Gasteiger partial charge is 0.331 e. The molecule has 4 nitrogen and oxygen atoms in total. The molecule has 0 bridgehead atoms. The molecule has 1 N–H and O–H groups in total. The molecule has 116 valence electrons. The molecule has 1 aliphatic heterocycles. The van der Waals surface area contributed by atoms with Crippen LogP contribution in [-0.4, -0.2) is 41.0 Å². The number of hydrogen-bond acceptors (Lipinski definition) is 3. The van der Waals surface area contributed by atoms with Gasteiger partial charge < -0.3 is 10.2 Å². The highest BCUT2D eigenvalue weighted by molar-refractivity contribution is 5.92. The molecule has 1 amide bonds.